The number of carbonyl (C=O) groups is 1. The van der Waals surface area contributed by atoms with Gasteiger partial charge < -0.3 is 14.8 Å². The highest BCUT2D eigenvalue weighted by Gasteiger charge is 2.19. The molecule has 2 aromatic heterocycles. The van der Waals surface area contributed by atoms with E-state index in [-0.39, 0.29) is 18.2 Å². The zero-order valence-electron chi connectivity index (χ0n) is 19.7. The van der Waals surface area contributed by atoms with Crippen molar-refractivity contribution in [1.82, 2.24) is 20.4 Å². The van der Waals surface area contributed by atoms with Gasteiger partial charge in [-0.1, -0.05) is 84.9 Å². The summed E-state index contributed by atoms with van der Waals surface area (Å²) >= 11 is 0. The summed E-state index contributed by atoms with van der Waals surface area (Å²) in [4.78, 5) is 20.5. The van der Waals surface area contributed by atoms with Crippen molar-refractivity contribution >= 4 is 16.8 Å². The van der Waals surface area contributed by atoms with Crippen molar-refractivity contribution in [3.8, 4) is 11.4 Å². The van der Waals surface area contributed by atoms with Crippen molar-refractivity contribution in [2.24, 2.45) is 0 Å². The van der Waals surface area contributed by atoms with Crippen LogP contribution in [0, 0.1) is 0 Å². The lowest BCUT2D eigenvalue weighted by Crippen LogP contribution is -2.29. The van der Waals surface area contributed by atoms with Crippen LogP contribution >= 0.6 is 0 Å². The fourth-order valence-electron chi connectivity index (χ4n) is 4.36. The lowest BCUT2D eigenvalue weighted by atomic mass is 9.91. The van der Waals surface area contributed by atoms with E-state index in [1.54, 1.807) is 0 Å². The Kier molecular flexibility index (Phi) is 6.70. The van der Waals surface area contributed by atoms with Crippen molar-refractivity contribution in [1.29, 1.82) is 0 Å². The first kappa shape index (κ1) is 22.6. The summed E-state index contributed by atoms with van der Waals surface area (Å²) in [6.45, 7) is 2.62. The van der Waals surface area contributed by atoms with E-state index in [9.17, 15) is 4.79 Å². The summed E-state index contributed by atoms with van der Waals surface area (Å²) in [5.74, 6) is 1.01. The van der Waals surface area contributed by atoms with E-state index in [0.29, 0.717) is 24.7 Å². The maximum atomic E-state index is 12.7. The number of H-pyrrole nitrogens is 1. The van der Waals surface area contributed by atoms with Crippen LogP contribution in [0.3, 0.4) is 0 Å². The molecule has 0 saturated heterocycles. The standard InChI is InChI=1S/C29H28N4O2/c1-2-20-12-14-22(15-13-20)29-32-28(35-33-29)17-16-27(34)31-18-24(21-8-4-3-5-9-21)25-19-30-26-11-7-6-10-23(25)26/h3-15,19,24,30H,2,16-18H2,1H3,(H,31,34). The highest BCUT2D eigenvalue weighted by Crippen LogP contribution is 2.30. The molecule has 1 amide bonds. The summed E-state index contributed by atoms with van der Waals surface area (Å²) in [6.07, 6.45) is 3.71. The molecule has 6 nitrogen and oxygen atoms in total. The SMILES string of the molecule is CCc1ccc(-c2noc(CCC(=O)NCC(c3ccccc3)c3c[nH]c4ccccc34)n2)cc1. The third-order valence-electron chi connectivity index (χ3n) is 6.36. The van der Waals surface area contributed by atoms with Crippen LogP contribution in [0.4, 0.5) is 0 Å². The van der Waals surface area contributed by atoms with Crippen molar-refractivity contribution in [2.45, 2.75) is 32.1 Å². The molecule has 2 N–H and O–H groups in total. The van der Waals surface area contributed by atoms with E-state index < -0.39 is 0 Å². The Morgan fingerprint density at radius 3 is 2.57 bits per heavy atom. The molecule has 0 aliphatic carbocycles. The minimum Gasteiger partial charge on any atom is -0.361 e. The number of aromatic nitrogens is 3. The second-order valence-corrected chi connectivity index (χ2v) is 8.62. The first-order valence-electron chi connectivity index (χ1n) is 12.0. The van der Waals surface area contributed by atoms with Gasteiger partial charge in [0.2, 0.25) is 17.6 Å². The van der Waals surface area contributed by atoms with E-state index in [1.165, 1.54) is 16.5 Å². The molecule has 5 rings (SSSR count). The minimum absolute atomic E-state index is 0.0393. The smallest absolute Gasteiger partial charge is 0.227 e. The zero-order chi connectivity index (χ0) is 24.0. The number of hydrogen-bond acceptors (Lipinski definition) is 4. The molecule has 3 aromatic carbocycles. The molecule has 0 fully saturated rings. The highest BCUT2D eigenvalue weighted by molar-refractivity contribution is 5.84. The van der Waals surface area contributed by atoms with Gasteiger partial charge >= 0.3 is 0 Å². The molecule has 0 radical (unpaired) electrons. The van der Waals surface area contributed by atoms with E-state index in [4.69, 9.17) is 4.52 Å². The minimum atomic E-state index is -0.0437. The number of carbonyl (C=O) groups excluding carboxylic acids is 1. The van der Waals surface area contributed by atoms with Gasteiger partial charge in [-0.15, -0.1) is 0 Å². The monoisotopic (exact) mass is 464 g/mol. The normalized spacial score (nSPS) is 12.0. The van der Waals surface area contributed by atoms with Gasteiger partial charge in [0.05, 0.1) is 0 Å². The van der Waals surface area contributed by atoms with Gasteiger partial charge in [-0.3, -0.25) is 4.79 Å². The molecular weight excluding hydrogens is 436 g/mol. The molecule has 1 atom stereocenters. The van der Waals surface area contributed by atoms with Gasteiger partial charge in [0.1, 0.15) is 0 Å². The van der Waals surface area contributed by atoms with E-state index >= 15 is 0 Å². The van der Waals surface area contributed by atoms with Crippen molar-refractivity contribution in [3.63, 3.8) is 0 Å². The number of aryl methyl sites for hydroxylation is 2. The fraction of sp³-hybridized carbons (Fsp3) is 0.207. The molecular formula is C29H28N4O2. The van der Waals surface area contributed by atoms with Gasteiger partial charge in [0.25, 0.3) is 0 Å². The van der Waals surface area contributed by atoms with Crippen LogP contribution in [-0.2, 0) is 17.6 Å². The third kappa shape index (κ3) is 5.17. The van der Waals surface area contributed by atoms with Crippen LogP contribution in [-0.4, -0.2) is 27.6 Å². The maximum Gasteiger partial charge on any atom is 0.227 e. The Morgan fingerprint density at radius 2 is 1.77 bits per heavy atom. The van der Waals surface area contributed by atoms with E-state index in [0.717, 1.165) is 23.1 Å². The molecule has 1 unspecified atom stereocenters. The molecule has 6 heteroatoms. The molecule has 5 aromatic rings. The van der Waals surface area contributed by atoms with Crippen LogP contribution in [0.2, 0.25) is 0 Å². The predicted octanol–water partition coefficient (Wildman–Crippen LogP) is 5.66. The lowest BCUT2D eigenvalue weighted by molar-refractivity contribution is -0.121. The van der Waals surface area contributed by atoms with Gasteiger partial charge in [-0.25, -0.2) is 0 Å². The first-order chi connectivity index (χ1) is 17.2. The quantitative estimate of drug-likeness (QED) is 0.295. The number of fused-ring (bicyclic) bond motifs is 1. The Bertz CT molecular complexity index is 1400. The number of hydrogen-bond donors (Lipinski definition) is 2. The summed E-state index contributed by atoms with van der Waals surface area (Å²) in [6, 6.07) is 26.6. The number of benzene rings is 3. The number of rotatable bonds is 9. The largest absolute Gasteiger partial charge is 0.361 e. The van der Waals surface area contributed by atoms with Crippen molar-refractivity contribution < 1.29 is 9.32 Å². The van der Waals surface area contributed by atoms with Crippen LogP contribution in [0.1, 0.15) is 41.8 Å². The lowest BCUT2D eigenvalue weighted by Gasteiger charge is -2.18. The second-order valence-electron chi connectivity index (χ2n) is 8.62. The Hall–Kier alpha value is -4.19. The van der Waals surface area contributed by atoms with Crippen LogP contribution in [0.5, 0.6) is 0 Å². The molecule has 2 heterocycles. The molecule has 0 aliphatic rings. The second kappa shape index (κ2) is 10.4. The van der Waals surface area contributed by atoms with Crippen LogP contribution in [0.15, 0.2) is 89.6 Å². The Balaban J connectivity index is 1.23. The third-order valence-corrected chi connectivity index (χ3v) is 6.36. The van der Waals surface area contributed by atoms with Crippen molar-refractivity contribution in [2.75, 3.05) is 6.54 Å². The van der Waals surface area contributed by atoms with Crippen LogP contribution in [0.25, 0.3) is 22.3 Å². The van der Waals surface area contributed by atoms with Crippen molar-refractivity contribution in [3.05, 3.63) is 108 Å². The summed E-state index contributed by atoms with van der Waals surface area (Å²) in [7, 11) is 0. The number of para-hydroxylation sites is 1. The molecule has 0 bridgehead atoms. The maximum absolute atomic E-state index is 12.7. The molecule has 0 spiro atoms. The van der Waals surface area contributed by atoms with Crippen LogP contribution < -0.4 is 5.32 Å². The highest BCUT2D eigenvalue weighted by atomic mass is 16.5. The number of nitrogens with zero attached hydrogens (tertiary/aromatic N) is 2. The predicted molar refractivity (Wildman–Crippen MR) is 137 cm³/mol. The number of amides is 1. The number of nitrogens with one attached hydrogen (secondary N) is 2. The van der Waals surface area contributed by atoms with E-state index in [1.807, 2.05) is 48.7 Å². The fourth-order valence-corrected chi connectivity index (χ4v) is 4.36. The van der Waals surface area contributed by atoms with Gasteiger partial charge in [-0.05, 0) is 29.2 Å². The van der Waals surface area contributed by atoms with Gasteiger partial charge in [-0.2, -0.15) is 4.98 Å². The number of aromatic amines is 1. The summed E-state index contributed by atoms with van der Waals surface area (Å²) in [5, 5.41) is 8.36. The average molecular weight is 465 g/mol. The molecule has 0 saturated carbocycles. The first-order valence-corrected chi connectivity index (χ1v) is 12.0. The van der Waals surface area contributed by atoms with E-state index in [2.05, 4.69) is 63.8 Å². The summed E-state index contributed by atoms with van der Waals surface area (Å²) in [5.41, 5.74) is 5.59. The summed E-state index contributed by atoms with van der Waals surface area (Å²) < 4.78 is 5.38. The Morgan fingerprint density at radius 1 is 1.00 bits per heavy atom. The topological polar surface area (TPSA) is 83.8 Å². The molecule has 35 heavy (non-hydrogen) atoms. The zero-order valence-corrected chi connectivity index (χ0v) is 19.7. The Labute approximate surface area is 204 Å². The van der Waals surface area contributed by atoms with Gasteiger partial charge in [0, 0.05) is 48.0 Å². The molecule has 176 valence electrons. The average Bonchev–Trinajstić information content (AvgIpc) is 3.56. The van der Waals surface area contributed by atoms with Gasteiger partial charge in [0.15, 0.2) is 0 Å². The molecule has 0 aliphatic heterocycles.